The number of nitrogens with two attached hydrogens (primary N) is 1. The number of carbonyl (C=O) groups is 2. The number of carboxylic acids is 1. The molecule has 0 saturated heterocycles. The first-order valence-electron chi connectivity index (χ1n) is 5.29. The van der Waals surface area contributed by atoms with E-state index in [-0.39, 0.29) is 18.0 Å². The molecule has 0 unspecified atom stereocenters. The highest BCUT2D eigenvalue weighted by atomic mass is 16.5. The van der Waals surface area contributed by atoms with Crippen LogP contribution in [0.15, 0.2) is 24.3 Å². The number of benzene rings is 1. The molecule has 0 fully saturated rings. The fourth-order valence-corrected chi connectivity index (χ4v) is 1.39. The lowest BCUT2D eigenvalue weighted by molar-refractivity contribution is -0.143. The second kappa shape index (κ2) is 6.00. The summed E-state index contributed by atoms with van der Waals surface area (Å²) in [5, 5.41) is 8.72. The Morgan fingerprint density at radius 2 is 1.94 bits per heavy atom. The van der Waals surface area contributed by atoms with Gasteiger partial charge in [0.15, 0.2) is 0 Å². The van der Waals surface area contributed by atoms with Gasteiger partial charge in [-0.25, -0.2) is 4.79 Å². The molecule has 1 aromatic carbocycles. The van der Waals surface area contributed by atoms with Gasteiger partial charge in [-0.1, -0.05) is 12.1 Å². The molecule has 0 aromatic heterocycles. The van der Waals surface area contributed by atoms with E-state index >= 15 is 0 Å². The second-order valence-corrected chi connectivity index (χ2v) is 3.54. The van der Waals surface area contributed by atoms with Gasteiger partial charge in [0, 0.05) is 6.04 Å². The molecule has 0 aliphatic carbocycles. The minimum absolute atomic E-state index is 0.0836. The van der Waals surface area contributed by atoms with E-state index in [1.807, 2.05) is 0 Å². The Bertz CT molecular complexity index is 399. The molecule has 0 aliphatic rings. The maximum atomic E-state index is 11.2. The minimum atomic E-state index is -0.990. The summed E-state index contributed by atoms with van der Waals surface area (Å²) in [4.78, 5) is 21.8. The number of carbonyl (C=O) groups excluding carboxylic acids is 1. The second-order valence-electron chi connectivity index (χ2n) is 3.54. The summed E-state index contributed by atoms with van der Waals surface area (Å²) < 4.78 is 4.78. The predicted octanol–water partition coefficient (Wildman–Crippen LogP) is 1.34. The zero-order chi connectivity index (χ0) is 12.8. The average Bonchev–Trinajstić information content (AvgIpc) is 2.29. The largest absolute Gasteiger partial charge is 0.478 e. The lowest BCUT2D eigenvalue weighted by Gasteiger charge is -2.11. The molecule has 1 rings (SSSR count). The van der Waals surface area contributed by atoms with E-state index in [0.717, 1.165) is 0 Å². The summed E-state index contributed by atoms with van der Waals surface area (Å²) in [6.07, 6.45) is 0.0836. The third kappa shape index (κ3) is 3.88. The number of ether oxygens (including phenoxy) is 1. The van der Waals surface area contributed by atoms with Crippen LogP contribution in [0.1, 0.15) is 35.3 Å². The van der Waals surface area contributed by atoms with Gasteiger partial charge in [-0.3, -0.25) is 4.79 Å². The zero-order valence-electron chi connectivity index (χ0n) is 9.55. The van der Waals surface area contributed by atoms with Gasteiger partial charge in [-0.05, 0) is 24.6 Å². The normalized spacial score (nSPS) is 11.9. The van der Waals surface area contributed by atoms with Crippen LogP contribution in [0.4, 0.5) is 0 Å². The molecular weight excluding hydrogens is 222 g/mol. The van der Waals surface area contributed by atoms with Crippen LogP contribution in [0.25, 0.3) is 0 Å². The molecule has 5 heteroatoms. The van der Waals surface area contributed by atoms with Crippen molar-refractivity contribution in [2.45, 2.75) is 19.4 Å². The summed E-state index contributed by atoms with van der Waals surface area (Å²) in [5.74, 6) is -1.35. The number of aromatic carboxylic acids is 1. The molecule has 92 valence electrons. The maximum absolute atomic E-state index is 11.2. The topological polar surface area (TPSA) is 89.6 Å². The van der Waals surface area contributed by atoms with E-state index < -0.39 is 12.0 Å². The van der Waals surface area contributed by atoms with E-state index in [2.05, 4.69) is 0 Å². The molecule has 5 nitrogen and oxygen atoms in total. The number of hydrogen-bond donors (Lipinski definition) is 2. The minimum Gasteiger partial charge on any atom is -0.478 e. The van der Waals surface area contributed by atoms with E-state index in [9.17, 15) is 9.59 Å². The fraction of sp³-hybridized carbons (Fsp3) is 0.333. The van der Waals surface area contributed by atoms with Crippen LogP contribution in [-0.4, -0.2) is 23.7 Å². The van der Waals surface area contributed by atoms with Crippen molar-refractivity contribution in [2.75, 3.05) is 6.61 Å². The van der Waals surface area contributed by atoms with Gasteiger partial charge in [-0.15, -0.1) is 0 Å². The SMILES string of the molecule is CCOC(=O)C[C@@H](N)c1ccc(C(=O)O)cc1. The van der Waals surface area contributed by atoms with Crippen LogP contribution < -0.4 is 5.73 Å². The van der Waals surface area contributed by atoms with Crippen molar-refractivity contribution in [3.63, 3.8) is 0 Å². The van der Waals surface area contributed by atoms with Crippen molar-refractivity contribution in [1.29, 1.82) is 0 Å². The molecule has 1 aromatic rings. The summed E-state index contributed by atoms with van der Waals surface area (Å²) in [7, 11) is 0. The zero-order valence-corrected chi connectivity index (χ0v) is 9.55. The molecule has 0 saturated carbocycles. The van der Waals surface area contributed by atoms with Gasteiger partial charge >= 0.3 is 11.9 Å². The summed E-state index contributed by atoms with van der Waals surface area (Å²) in [6.45, 7) is 2.05. The van der Waals surface area contributed by atoms with Gasteiger partial charge in [-0.2, -0.15) is 0 Å². The molecule has 3 N–H and O–H groups in total. The Balaban J connectivity index is 2.66. The Morgan fingerprint density at radius 1 is 1.35 bits per heavy atom. The molecule has 0 heterocycles. The highest BCUT2D eigenvalue weighted by molar-refractivity contribution is 5.87. The monoisotopic (exact) mass is 237 g/mol. The molecule has 0 bridgehead atoms. The molecule has 1 atom stereocenters. The highest BCUT2D eigenvalue weighted by Crippen LogP contribution is 2.15. The van der Waals surface area contributed by atoms with Gasteiger partial charge in [0.2, 0.25) is 0 Å². The third-order valence-corrected chi connectivity index (χ3v) is 2.28. The van der Waals surface area contributed by atoms with Crippen molar-refractivity contribution < 1.29 is 19.4 Å². The van der Waals surface area contributed by atoms with Crippen LogP contribution in [0.5, 0.6) is 0 Å². The van der Waals surface area contributed by atoms with E-state index in [0.29, 0.717) is 12.2 Å². The molecule has 0 aliphatic heterocycles. The lowest BCUT2D eigenvalue weighted by atomic mass is 10.0. The molecule has 0 radical (unpaired) electrons. The Hall–Kier alpha value is -1.88. The number of esters is 1. The highest BCUT2D eigenvalue weighted by Gasteiger charge is 2.13. The van der Waals surface area contributed by atoms with Crippen molar-refractivity contribution in [3.8, 4) is 0 Å². The Kier molecular flexibility index (Phi) is 4.66. The number of carboxylic acid groups (broad SMARTS) is 1. The van der Waals surface area contributed by atoms with Crippen LogP contribution in [-0.2, 0) is 9.53 Å². The summed E-state index contributed by atoms with van der Waals surface area (Å²) >= 11 is 0. The standard InChI is InChI=1S/C12H15NO4/c1-2-17-11(14)7-10(13)8-3-5-9(6-4-8)12(15)16/h3-6,10H,2,7,13H2,1H3,(H,15,16)/t10-/m1/s1. The van der Waals surface area contributed by atoms with Gasteiger partial charge in [0.1, 0.15) is 0 Å². The maximum Gasteiger partial charge on any atom is 0.335 e. The first kappa shape index (κ1) is 13.2. The number of rotatable bonds is 5. The Labute approximate surface area is 99.2 Å². The first-order valence-corrected chi connectivity index (χ1v) is 5.29. The number of hydrogen-bond acceptors (Lipinski definition) is 4. The summed E-state index contributed by atoms with van der Waals surface area (Å²) in [5.41, 5.74) is 6.71. The van der Waals surface area contributed by atoms with Crippen molar-refractivity contribution in [1.82, 2.24) is 0 Å². The van der Waals surface area contributed by atoms with Gasteiger partial charge < -0.3 is 15.6 Å². The van der Waals surface area contributed by atoms with E-state index in [1.165, 1.54) is 12.1 Å². The molecule has 17 heavy (non-hydrogen) atoms. The lowest BCUT2D eigenvalue weighted by Crippen LogP contribution is -2.17. The first-order chi connectivity index (χ1) is 8.04. The third-order valence-electron chi connectivity index (χ3n) is 2.28. The molecule has 0 spiro atoms. The van der Waals surface area contributed by atoms with Crippen LogP contribution in [0, 0.1) is 0 Å². The quantitative estimate of drug-likeness (QED) is 0.754. The van der Waals surface area contributed by atoms with Crippen LogP contribution >= 0.6 is 0 Å². The molecule has 0 amide bonds. The van der Waals surface area contributed by atoms with E-state index in [4.69, 9.17) is 15.6 Å². The van der Waals surface area contributed by atoms with Crippen LogP contribution in [0.2, 0.25) is 0 Å². The van der Waals surface area contributed by atoms with Crippen molar-refractivity contribution in [3.05, 3.63) is 35.4 Å². The van der Waals surface area contributed by atoms with E-state index in [1.54, 1.807) is 19.1 Å². The van der Waals surface area contributed by atoms with Crippen molar-refractivity contribution in [2.24, 2.45) is 5.73 Å². The fourth-order valence-electron chi connectivity index (χ4n) is 1.39. The van der Waals surface area contributed by atoms with Gasteiger partial charge in [0.05, 0.1) is 18.6 Å². The molecular formula is C12H15NO4. The Morgan fingerprint density at radius 3 is 2.41 bits per heavy atom. The van der Waals surface area contributed by atoms with Crippen LogP contribution in [0.3, 0.4) is 0 Å². The summed E-state index contributed by atoms with van der Waals surface area (Å²) in [6, 6.07) is 5.66. The predicted molar refractivity (Wildman–Crippen MR) is 61.6 cm³/mol. The van der Waals surface area contributed by atoms with Crippen molar-refractivity contribution >= 4 is 11.9 Å². The average molecular weight is 237 g/mol. The van der Waals surface area contributed by atoms with Gasteiger partial charge in [0.25, 0.3) is 0 Å². The smallest absolute Gasteiger partial charge is 0.335 e.